The Labute approximate surface area is 432 Å². The van der Waals surface area contributed by atoms with Crippen LogP contribution >= 0.6 is 0 Å². The Balaban J connectivity index is 0.871. The van der Waals surface area contributed by atoms with Crippen LogP contribution in [0.5, 0.6) is 0 Å². The van der Waals surface area contributed by atoms with E-state index in [0.717, 1.165) is 67.8 Å². The summed E-state index contributed by atoms with van der Waals surface area (Å²) in [5, 5.41) is 0. The highest BCUT2D eigenvalue weighted by atomic mass is 14.9. The highest BCUT2D eigenvalue weighted by molar-refractivity contribution is 5.94. The number of hydrogen-bond donors (Lipinski definition) is 0. The SMILES string of the molecule is CC1(C)c2ccccc2-c2c(-c3cc(-c4ccccc4)nc(-c4ccc5c(c4)C4c6ccccc6[C@H]5c5cc(-c6nc(-c7ccccc7)cc(-c7cccc8c7-c7ccccc7C8(C)C)n6)ccc54)n3)cccc21. The minimum Gasteiger partial charge on any atom is -0.228 e. The van der Waals surface area contributed by atoms with Crippen LogP contribution < -0.4 is 0 Å². The molecule has 2 atom stereocenters. The summed E-state index contributed by atoms with van der Waals surface area (Å²) in [6.45, 7) is 9.35. The Kier molecular flexibility index (Phi) is 9.15. The second kappa shape index (κ2) is 15.8. The molecule has 0 N–H and O–H groups in total. The summed E-state index contributed by atoms with van der Waals surface area (Å²) in [5.74, 6) is 1.51. The predicted octanol–water partition coefficient (Wildman–Crippen LogP) is 16.9. The van der Waals surface area contributed by atoms with E-state index in [1.54, 1.807) is 0 Å². The van der Waals surface area contributed by atoms with Crippen molar-refractivity contribution >= 4 is 0 Å². The van der Waals surface area contributed by atoms with E-state index in [4.69, 9.17) is 19.9 Å². The third-order valence-corrected chi connectivity index (χ3v) is 16.9. The second-order valence-corrected chi connectivity index (χ2v) is 21.6. The molecule has 5 aliphatic rings. The van der Waals surface area contributed by atoms with E-state index in [0.29, 0.717) is 0 Å². The van der Waals surface area contributed by atoms with Crippen molar-refractivity contribution in [3.8, 4) is 90.1 Å². The van der Waals surface area contributed by atoms with E-state index in [1.165, 1.54) is 77.9 Å². The van der Waals surface area contributed by atoms with Crippen LogP contribution in [0.2, 0.25) is 0 Å². The first-order chi connectivity index (χ1) is 36.2. The summed E-state index contributed by atoms with van der Waals surface area (Å²) in [4.78, 5) is 21.8. The summed E-state index contributed by atoms with van der Waals surface area (Å²) < 4.78 is 0. The maximum absolute atomic E-state index is 5.51. The lowest BCUT2D eigenvalue weighted by atomic mass is 9.61. The molecule has 2 aromatic heterocycles. The lowest BCUT2D eigenvalue weighted by Crippen LogP contribution is -2.27. The summed E-state index contributed by atoms with van der Waals surface area (Å²) in [6, 6.07) is 79.6. The van der Waals surface area contributed by atoms with Crippen LogP contribution in [0.15, 0.2) is 218 Å². The second-order valence-electron chi connectivity index (χ2n) is 21.6. The molecule has 16 rings (SSSR count). The molecule has 0 radical (unpaired) electrons. The smallest absolute Gasteiger partial charge is 0.160 e. The Morgan fingerprint density at radius 3 is 1.07 bits per heavy atom. The van der Waals surface area contributed by atoms with Crippen LogP contribution in [0.1, 0.15) is 95.2 Å². The summed E-state index contributed by atoms with van der Waals surface area (Å²) >= 11 is 0. The molecule has 350 valence electrons. The van der Waals surface area contributed by atoms with Crippen molar-refractivity contribution in [2.45, 2.75) is 50.4 Å². The zero-order valence-corrected chi connectivity index (χ0v) is 41.7. The maximum Gasteiger partial charge on any atom is 0.160 e. The molecule has 4 heteroatoms. The summed E-state index contributed by atoms with van der Waals surface area (Å²) in [5.41, 5.74) is 28.2. The average molecular weight is 947 g/mol. The van der Waals surface area contributed by atoms with Crippen LogP contribution in [-0.4, -0.2) is 19.9 Å². The lowest BCUT2D eigenvalue weighted by Gasteiger charge is -2.42. The van der Waals surface area contributed by atoms with Gasteiger partial charge in [-0.3, -0.25) is 0 Å². The van der Waals surface area contributed by atoms with Gasteiger partial charge in [-0.05, 0) is 102 Å². The third-order valence-electron chi connectivity index (χ3n) is 16.9. The van der Waals surface area contributed by atoms with Crippen molar-refractivity contribution in [3.63, 3.8) is 0 Å². The maximum atomic E-state index is 5.51. The van der Waals surface area contributed by atoms with Gasteiger partial charge in [0.25, 0.3) is 0 Å². The van der Waals surface area contributed by atoms with Gasteiger partial charge in [0.2, 0.25) is 0 Å². The van der Waals surface area contributed by atoms with Gasteiger partial charge in [0.05, 0.1) is 22.8 Å². The minimum atomic E-state index is -0.124. The predicted molar refractivity (Wildman–Crippen MR) is 300 cm³/mol. The van der Waals surface area contributed by atoms with E-state index >= 15 is 0 Å². The standard InChI is InChI=1S/C70H50N4/c1-69(2)55-29-15-13-25-49(55)65-51(27-17-31-57(65)69)61-39-59(41-19-7-5-8-20-41)71-67(73-61)43-33-35-47-53(37-43)63-45-23-11-12-24-46(45)64(47)54-38-44(34-36-48(54)63)68-72-60(42-21-9-6-10-22-42)40-62(74-68)52-28-18-32-58-66(52)50-26-14-16-30-56(50)70(58,3)4/h5-40,63-64H,1-4H3/t63-,64?/m1/s1. The first kappa shape index (κ1) is 42.8. The number of benzene rings is 9. The number of hydrogen-bond acceptors (Lipinski definition) is 4. The highest BCUT2D eigenvalue weighted by Crippen LogP contribution is 2.58. The average Bonchev–Trinajstić information content (AvgIpc) is 3.84. The Bertz CT molecular complexity index is 3880. The van der Waals surface area contributed by atoms with E-state index in [9.17, 15) is 0 Å². The van der Waals surface area contributed by atoms with Crippen molar-refractivity contribution in [1.82, 2.24) is 19.9 Å². The Morgan fingerprint density at radius 2 is 0.622 bits per heavy atom. The molecule has 2 bridgehead atoms. The fourth-order valence-corrected chi connectivity index (χ4v) is 13.4. The van der Waals surface area contributed by atoms with Crippen LogP contribution in [0.25, 0.3) is 90.1 Å². The van der Waals surface area contributed by atoms with Gasteiger partial charge in [-0.25, -0.2) is 19.9 Å². The molecule has 2 heterocycles. The molecular weight excluding hydrogens is 897 g/mol. The van der Waals surface area contributed by atoms with Gasteiger partial charge in [0, 0.05) is 56.0 Å². The van der Waals surface area contributed by atoms with Crippen molar-refractivity contribution in [2.24, 2.45) is 0 Å². The summed E-state index contributed by atoms with van der Waals surface area (Å²) in [7, 11) is 0. The number of fused-ring (bicyclic) bond motifs is 6. The molecular formula is C70H50N4. The van der Waals surface area contributed by atoms with Crippen LogP contribution in [0.4, 0.5) is 0 Å². The molecule has 0 spiro atoms. The van der Waals surface area contributed by atoms with Gasteiger partial charge in [-0.2, -0.15) is 0 Å². The molecule has 11 aromatic rings. The molecule has 0 saturated carbocycles. The molecule has 0 amide bonds. The van der Waals surface area contributed by atoms with Crippen molar-refractivity contribution < 1.29 is 0 Å². The largest absolute Gasteiger partial charge is 0.228 e. The normalized spacial score (nSPS) is 16.3. The topological polar surface area (TPSA) is 51.6 Å². The van der Waals surface area contributed by atoms with Gasteiger partial charge in [0.1, 0.15) is 0 Å². The molecule has 9 aromatic carbocycles. The molecule has 0 fully saturated rings. The van der Waals surface area contributed by atoms with Gasteiger partial charge in [0.15, 0.2) is 11.6 Å². The van der Waals surface area contributed by atoms with Crippen molar-refractivity contribution in [1.29, 1.82) is 0 Å². The van der Waals surface area contributed by atoms with Crippen LogP contribution in [0, 0.1) is 0 Å². The molecule has 0 saturated heterocycles. The van der Waals surface area contributed by atoms with E-state index in [1.807, 2.05) is 0 Å². The highest BCUT2D eigenvalue weighted by Gasteiger charge is 2.43. The van der Waals surface area contributed by atoms with Crippen LogP contribution in [0.3, 0.4) is 0 Å². The number of aromatic nitrogens is 4. The number of nitrogens with zero attached hydrogens (tertiary/aromatic N) is 4. The Morgan fingerprint density at radius 1 is 0.270 bits per heavy atom. The molecule has 5 aliphatic carbocycles. The summed E-state index contributed by atoms with van der Waals surface area (Å²) in [6.07, 6.45) is 0. The molecule has 4 nitrogen and oxygen atoms in total. The van der Waals surface area contributed by atoms with Crippen LogP contribution in [-0.2, 0) is 10.8 Å². The molecule has 0 aliphatic heterocycles. The van der Waals surface area contributed by atoms with Gasteiger partial charge >= 0.3 is 0 Å². The van der Waals surface area contributed by atoms with Crippen molar-refractivity contribution in [3.05, 3.63) is 274 Å². The lowest BCUT2D eigenvalue weighted by molar-refractivity contribution is 0.660. The monoisotopic (exact) mass is 946 g/mol. The minimum absolute atomic E-state index is 0.0329. The van der Waals surface area contributed by atoms with Gasteiger partial charge in [-0.1, -0.05) is 222 Å². The first-order valence-electron chi connectivity index (χ1n) is 25.9. The third kappa shape index (κ3) is 6.21. The first-order valence-corrected chi connectivity index (χ1v) is 25.9. The number of rotatable bonds is 6. The van der Waals surface area contributed by atoms with E-state index in [2.05, 4.69) is 246 Å². The zero-order valence-electron chi connectivity index (χ0n) is 41.7. The van der Waals surface area contributed by atoms with E-state index in [-0.39, 0.29) is 22.7 Å². The Hall–Kier alpha value is -8.86. The van der Waals surface area contributed by atoms with Gasteiger partial charge in [-0.15, -0.1) is 0 Å². The quantitative estimate of drug-likeness (QED) is 0.167. The van der Waals surface area contributed by atoms with Gasteiger partial charge < -0.3 is 0 Å². The molecule has 1 unspecified atom stereocenters. The zero-order chi connectivity index (χ0) is 49.5. The molecule has 74 heavy (non-hydrogen) atoms. The fraction of sp³-hybridized carbons (Fsp3) is 0.114. The van der Waals surface area contributed by atoms with E-state index < -0.39 is 0 Å². The van der Waals surface area contributed by atoms with Crippen molar-refractivity contribution in [2.75, 3.05) is 0 Å². The fourth-order valence-electron chi connectivity index (χ4n) is 13.4.